The third kappa shape index (κ3) is 2.57. The number of rotatable bonds is 5. The van der Waals surface area contributed by atoms with Crippen LogP contribution in [0.3, 0.4) is 0 Å². The van der Waals surface area contributed by atoms with Crippen LogP contribution in [0.2, 0.25) is 0 Å². The number of methoxy groups -OCH3 is 1. The Hall–Kier alpha value is -2.15. The van der Waals surface area contributed by atoms with Crippen LogP contribution in [-0.2, 0) is 6.54 Å². The molecule has 1 aromatic heterocycles. The molecule has 0 radical (unpaired) electrons. The number of thiazole rings is 1. The van der Waals surface area contributed by atoms with Crippen LogP contribution >= 0.6 is 11.3 Å². The van der Waals surface area contributed by atoms with Crippen LogP contribution in [0, 0.1) is 10.1 Å². The van der Waals surface area contributed by atoms with Crippen molar-refractivity contribution in [3.8, 4) is 5.75 Å². The number of aromatic nitrogens is 1. The summed E-state index contributed by atoms with van der Waals surface area (Å²) in [4.78, 5) is 15.5. The van der Waals surface area contributed by atoms with Crippen LogP contribution in [0.25, 0.3) is 0 Å². The Morgan fingerprint density at radius 3 is 3.00 bits per heavy atom. The first-order valence-electron chi connectivity index (χ1n) is 5.15. The predicted molar refractivity (Wildman–Crippen MR) is 69.1 cm³/mol. The maximum atomic E-state index is 11.0. The summed E-state index contributed by atoms with van der Waals surface area (Å²) in [7, 11) is 1.41. The number of para-hydroxylation sites is 1. The maximum absolute atomic E-state index is 11.0. The Bertz CT molecular complexity index is 542. The first-order valence-corrected chi connectivity index (χ1v) is 6.03. The van der Waals surface area contributed by atoms with Crippen molar-refractivity contribution in [3.05, 3.63) is 44.9 Å². The number of nitro groups is 1. The van der Waals surface area contributed by atoms with Crippen molar-refractivity contribution >= 4 is 22.7 Å². The molecule has 1 heterocycles. The van der Waals surface area contributed by atoms with Gasteiger partial charge in [-0.25, -0.2) is 0 Å². The van der Waals surface area contributed by atoms with E-state index in [0.29, 0.717) is 12.2 Å². The Kier molecular flexibility index (Phi) is 3.73. The van der Waals surface area contributed by atoms with Crippen LogP contribution in [0.1, 0.15) is 4.88 Å². The molecule has 2 rings (SSSR count). The molecule has 0 bridgehead atoms. The van der Waals surface area contributed by atoms with Gasteiger partial charge in [-0.15, -0.1) is 11.3 Å². The molecule has 0 aliphatic heterocycles. The predicted octanol–water partition coefficient (Wildman–Crippen LogP) is 2.67. The third-order valence-electron chi connectivity index (χ3n) is 2.34. The summed E-state index contributed by atoms with van der Waals surface area (Å²) in [5.74, 6) is 0.245. The summed E-state index contributed by atoms with van der Waals surface area (Å²) < 4.78 is 4.99. The quantitative estimate of drug-likeness (QED) is 0.664. The smallest absolute Gasteiger partial charge is 0.333 e. The number of ether oxygens (including phenoxy) is 1. The molecule has 0 saturated carbocycles. The highest BCUT2D eigenvalue weighted by Gasteiger charge is 2.20. The second kappa shape index (κ2) is 5.46. The molecule has 0 atom stereocenters. The van der Waals surface area contributed by atoms with Gasteiger partial charge in [-0.2, -0.15) is 0 Å². The summed E-state index contributed by atoms with van der Waals surface area (Å²) in [5, 5.41) is 14.1. The molecule has 0 spiro atoms. The zero-order valence-corrected chi connectivity index (χ0v) is 10.4. The molecule has 7 heteroatoms. The van der Waals surface area contributed by atoms with Gasteiger partial charge in [0.15, 0.2) is 5.75 Å². The molecule has 1 N–H and O–H groups in total. The van der Waals surface area contributed by atoms with Crippen LogP contribution in [0.5, 0.6) is 5.75 Å². The molecule has 0 fully saturated rings. The number of nitrogens with one attached hydrogen (secondary N) is 1. The van der Waals surface area contributed by atoms with Gasteiger partial charge < -0.3 is 10.1 Å². The summed E-state index contributed by atoms with van der Waals surface area (Å²) in [6, 6.07) is 4.93. The van der Waals surface area contributed by atoms with Gasteiger partial charge in [0.05, 0.1) is 24.1 Å². The van der Waals surface area contributed by atoms with Crippen LogP contribution in [0.4, 0.5) is 11.4 Å². The Morgan fingerprint density at radius 2 is 2.39 bits per heavy atom. The second-order valence-electron chi connectivity index (χ2n) is 3.43. The van der Waals surface area contributed by atoms with E-state index in [4.69, 9.17) is 4.74 Å². The molecular formula is C11H11N3O3S. The van der Waals surface area contributed by atoms with E-state index >= 15 is 0 Å². The van der Waals surface area contributed by atoms with E-state index < -0.39 is 4.92 Å². The Morgan fingerprint density at radius 1 is 1.56 bits per heavy atom. The largest absolute Gasteiger partial charge is 0.490 e. The molecule has 6 nitrogen and oxygen atoms in total. The number of hydrogen-bond acceptors (Lipinski definition) is 6. The first-order chi connectivity index (χ1) is 8.72. The SMILES string of the molecule is COc1cccc(NCc2cncs2)c1[N+](=O)[O-]. The highest BCUT2D eigenvalue weighted by atomic mass is 32.1. The van der Waals surface area contributed by atoms with Gasteiger partial charge in [-0.1, -0.05) is 6.07 Å². The van der Waals surface area contributed by atoms with Gasteiger partial charge in [-0.3, -0.25) is 15.1 Å². The van der Waals surface area contributed by atoms with Crippen molar-refractivity contribution in [2.45, 2.75) is 6.54 Å². The number of hydrogen-bond donors (Lipinski definition) is 1. The molecule has 0 aliphatic rings. The molecule has 1 aromatic carbocycles. The normalized spacial score (nSPS) is 10.1. The van der Waals surface area contributed by atoms with E-state index in [1.165, 1.54) is 18.4 Å². The molecule has 0 unspecified atom stereocenters. The van der Waals surface area contributed by atoms with Crippen molar-refractivity contribution < 1.29 is 9.66 Å². The lowest BCUT2D eigenvalue weighted by molar-refractivity contribution is -0.384. The van der Waals surface area contributed by atoms with E-state index in [-0.39, 0.29) is 11.4 Å². The fourth-order valence-electron chi connectivity index (χ4n) is 1.53. The van der Waals surface area contributed by atoms with E-state index in [1.54, 1.807) is 29.9 Å². The minimum atomic E-state index is -0.451. The average molecular weight is 265 g/mol. The van der Waals surface area contributed by atoms with Crippen molar-refractivity contribution in [2.24, 2.45) is 0 Å². The summed E-state index contributed by atoms with van der Waals surface area (Å²) in [6.45, 7) is 0.499. The number of nitrogens with zero attached hydrogens (tertiary/aromatic N) is 2. The fraction of sp³-hybridized carbons (Fsp3) is 0.182. The Balaban J connectivity index is 2.24. The molecule has 18 heavy (non-hydrogen) atoms. The van der Waals surface area contributed by atoms with Crippen molar-refractivity contribution in [2.75, 3.05) is 12.4 Å². The van der Waals surface area contributed by atoms with E-state index in [0.717, 1.165) is 4.88 Å². The van der Waals surface area contributed by atoms with Crippen molar-refractivity contribution in [1.29, 1.82) is 0 Å². The van der Waals surface area contributed by atoms with Crippen molar-refractivity contribution in [3.63, 3.8) is 0 Å². The van der Waals surface area contributed by atoms with Gasteiger partial charge in [0.25, 0.3) is 0 Å². The zero-order valence-electron chi connectivity index (χ0n) is 9.62. The summed E-state index contributed by atoms with van der Waals surface area (Å²) in [5.41, 5.74) is 2.11. The minimum Gasteiger partial charge on any atom is -0.490 e. The lowest BCUT2D eigenvalue weighted by atomic mass is 10.2. The fourth-order valence-corrected chi connectivity index (χ4v) is 2.06. The molecule has 2 aromatic rings. The summed E-state index contributed by atoms with van der Waals surface area (Å²) >= 11 is 1.49. The lowest BCUT2D eigenvalue weighted by Crippen LogP contribution is -2.03. The average Bonchev–Trinajstić information content (AvgIpc) is 2.88. The van der Waals surface area contributed by atoms with Crippen molar-refractivity contribution in [1.82, 2.24) is 4.98 Å². The number of benzene rings is 1. The lowest BCUT2D eigenvalue weighted by Gasteiger charge is -2.08. The third-order valence-corrected chi connectivity index (χ3v) is 3.12. The highest BCUT2D eigenvalue weighted by molar-refractivity contribution is 7.09. The van der Waals surface area contributed by atoms with E-state index in [2.05, 4.69) is 10.3 Å². The highest BCUT2D eigenvalue weighted by Crippen LogP contribution is 2.34. The van der Waals surface area contributed by atoms with Crippen LogP contribution in [-0.4, -0.2) is 17.0 Å². The molecule has 0 saturated heterocycles. The maximum Gasteiger partial charge on any atom is 0.333 e. The van der Waals surface area contributed by atoms with E-state index in [1.807, 2.05) is 0 Å². The zero-order chi connectivity index (χ0) is 13.0. The second-order valence-corrected chi connectivity index (χ2v) is 4.41. The van der Waals surface area contributed by atoms with Gasteiger partial charge in [0, 0.05) is 11.1 Å². The van der Waals surface area contributed by atoms with Crippen LogP contribution in [0.15, 0.2) is 29.9 Å². The first kappa shape index (κ1) is 12.3. The van der Waals surface area contributed by atoms with E-state index in [9.17, 15) is 10.1 Å². The topological polar surface area (TPSA) is 77.3 Å². The number of nitro benzene ring substituents is 1. The van der Waals surface area contributed by atoms with Gasteiger partial charge in [0.2, 0.25) is 0 Å². The standard InChI is InChI=1S/C11H11N3O3S/c1-17-10-4-2-3-9(11(10)14(15)16)13-6-8-5-12-7-18-8/h2-5,7,13H,6H2,1H3. The molecule has 94 valence electrons. The molecule has 0 aliphatic carbocycles. The molecule has 0 amide bonds. The Labute approximate surface area is 107 Å². The summed E-state index contributed by atoms with van der Waals surface area (Å²) in [6.07, 6.45) is 1.73. The van der Waals surface area contributed by atoms with Crippen LogP contribution < -0.4 is 10.1 Å². The minimum absolute atomic E-state index is 0.0514. The molecular weight excluding hydrogens is 254 g/mol. The van der Waals surface area contributed by atoms with Gasteiger partial charge >= 0.3 is 5.69 Å². The van der Waals surface area contributed by atoms with Gasteiger partial charge in [0.1, 0.15) is 5.69 Å². The van der Waals surface area contributed by atoms with Gasteiger partial charge in [-0.05, 0) is 12.1 Å². The number of anilines is 1. The monoisotopic (exact) mass is 265 g/mol.